The number of hydrogen-bond acceptors (Lipinski definition) is 5. The molecule has 94 valence electrons. The van der Waals surface area contributed by atoms with Crippen molar-refractivity contribution < 1.29 is 0 Å². The van der Waals surface area contributed by atoms with Crippen molar-refractivity contribution in [2.24, 2.45) is 0 Å². The van der Waals surface area contributed by atoms with E-state index in [0.717, 1.165) is 11.9 Å². The van der Waals surface area contributed by atoms with Crippen molar-refractivity contribution in [3.05, 3.63) is 20.3 Å². The minimum absolute atomic E-state index is 0.0356. The Kier molecular flexibility index (Phi) is 5.87. The molecular weight excluding hydrogens is 358 g/mol. The average molecular weight is 360 g/mol. The maximum absolute atomic E-state index is 8.64. The van der Waals surface area contributed by atoms with E-state index in [1.165, 1.54) is 4.41 Å². The second-order valence-electron chi connectivity index (χ2n) is 2.75. The van der Waals surface area contributed by atoms with Crippen LogP contribution in [0.2, 0.25) is 0 Å². The molecule has 1 saturated heterocycles. The smallest absolute Gasteiger partial charge is 0.165 e. The van der Waals surface area contributed by atoms with E-state index < -0.39 is 5.25 Å². The monoisotopic (exact) mass is 358 g/mol. The SMILES string of the molecule is N#CC(Cl)=C(Cl)C1SN(C(Cl)=C(Cl)C#N)NC1=S. The van der Waals surface area contributed by atoms with Gasteiger partial charge in [-0.1, -0.05) is 58.6 Å². The number of allylic oxidation sites excluding steroid dienone is 2. The number of thiocarbonyl (C=S) groups is 1. The lowest BCUT2D eigenvalue weighted by Gasteiger charge is -2.14. The van der Waals surface area contributed by atoms with E-state index in [1.54, 1.807) is 12.1 Å². The van der Waals surface area contributed by atoms with Crippen LogP contribution in [0.4, 0.5) is 0 Å². The van der Waals surface area contributed by atoms with Crippen LogP contribution in [0.25, 0.3) is 0 Å². The highest BCUT2D eigenvalue weighted by molar-refractivity contribution is 8.00. The van der Waals surface area contributed by atoms with Crippen LogP contribution in [-0.4, -0.2) is 14.7 Å². The summed E-state index contributed by atoms with van der Waals surface area (Å²) in [6, 6.07) is 3.40. The first-order valence-electron chi connectivity index (χ1n) is 4.10. The number of nitriles is 2. The topological polar surface area (TPSA) is 62.9 Å². The number of halogens is 4. The summed E-state index contributed by atoms with van der Waals surface area (Å²) in [6.07, 6.45) is 0. The maximum Gasteiger partial charge on any atom is 0.165 e. The van der Waals surface area contributed by atoms with Gasteiger partial charge in [0.1, 0.15) is 27.4 Å². The van der Waals surface area contributed by atoms with Gasteiger partial charge in [0, 0.05) is 0 Å². The molecule has 0 bridgehead atoms. The van der Waals surface area contributed by atoms with Gasteiger partial charge in [0.2, 0.25) is 0 Å². The molecule has 0 saturated carbocycles. The molecule has 0 aromatic rings. The van der Waals surface area contributed by atoms with Crippen LogP contribution >= 0.6 is 70.6 Å². The van der Waals surface area contributed by atoms with E-state index in [0.29, 0.717) is 4.99 Å². The Morgan fingerprint density at radius 1 is 1.22 bits per heavy atom. The molecule has 0 spiro atoms. The summed E-state index contributed by atoms with van der Waals surface area (Å²) in [5.41, 5.74) is 2.69. The first kappa shape index (κ1) is 15.7. The maximum atomic E-state index is 8.64. The van der Waals surface area contributed by atoms with Crippen molar-refractivity contribution in [2.45, 2.75) is 5.25 Å². The van der Waals surface area contributed by atoms with E-state index >= 15 is 0 Å². The van der Waals surface area contributed by atoms with Gasteiger partial charge in [-0.25, -0.2) is 4.41 Å². The van der Waals surface area contributed by atoms with Crippen LogP contribution in [-0.2, 0) is 0 Å². The summed E-state index contributed by atoms with van der Waals surface area (Å²) >= 11 is 29.0. The van der Waals surface area contributed by atoms with E-state index in [4.69, 9.17) is 69.1 Å². The van der Waals surface area contributed by atoms with Crippen molar-refractivity contribution in [3.63, 3.8) is 0 Å². The Hall–Kier alpha value is -0.340. The van der Waals surface area contributed by atoms with E-state index in [2.05, 4.69) is 5.43 Å². The number of hydrogen-bond donors (Lipinski definition) is 1. The van der Waals surface area contributed by atoms with Gasteiger partial charge in [0.05, 0.1) is 5.03 Å². The van der Waals surface area contributed by atoms with Crippen LogP contribution in [0, 0.1) is 22.7 Å². The highest BCUT2D eigenvalue weighted by atomic mass is 35.5. The molecule has 0 aliphatic carbocycles. The third kappa shape index (κ3) is 3.36. The molecule has 0 amide bonds. The van der Waals surface area contributed by atoms with Gasteiger partial charge in [0.15, 0.2) is 10.2 Å². The summed E-state index contributed by atoms with van der Waals surface area (Å²) in [5, 5.41) is 16.4. The van der Waals surface area contributed by atoms with Crippen molar-refractivity contribution >= 4 is 75.6 Å². The predicted molar refractivity (Wildman–Crippen MR) is 77.6 cm³/mol. The minimum atomic E-state index is -0.550. The van der Waals surface area contributed by atoms with Crippen molar-refractivity contribution in [3.8, 4) is 12.1 Å². The first-order valence-corrected chi connectivity index (χ1v) is 6.86. The molecule has 1 atom stereocenters. The van der Waals surface area contributed by atoms with E-state index in [1.807, 2.05) is 0 Å². The summed E-state index contributed by atoms with van der Waals surface area (Å²) in [7, 11) is 0. The lowest BCUT2D eigenvalue weighted by molar-refractivity contribution is 0.574. The zero-order valence-corrected chi connectivity index (χ0v) is 12.9. The fourth-order valence-electron chi connectivity index (χ4n) is 0.899. The van der Waals surface area contributed by atoms with Crippen LogP contribution in [0.1, 0.15) is 0 Å². The zero-order chi connectivity index (χ0) is 13.9. The molecule has 1 rings (SSSR count). The molecule has 1 unspecified atom stereocenters. The molecule has 1 N–H and O–H groups in total. The van der Waals surface area contributed by atoms with E-state index in [9.17, 15) is 0 Å². The van der Waals surface area contributed by atoms with Crippen molar-refractivity contribution in [2.75, 3.05) is 0 Å². The summed E-state index contributed by atoms with van der Waals surface area (Å²) in [4.78, 5) is 0.305. The Morgan fingerprint density at radius 2 is 1.78 bits per heavy atom. The Morgan fingerprint density at radius 3 is 2.28 bits per heavy atom. The zero-order valence-electron chi connectivity index (χ0n) is 8.25. The molecule has 0 aromatic carbocycles. The number of nitrogens with one attached hydrogen (secondary N) is 1. The first-order chi connectivity index (χ1) is 8.42. The van der Waals surface area contributed by atoms with Gasteiger partial charge in [-0.15, -0.1) is 0 Å². The highest BCUT2D eigenvalue weighted by Crippen LogP contribution is 2.37. The number of rotatable bonds is 2. The van der Waals surface area contributed by atoms with Crippen molar-refractivity contribution in [1.29, 1.82) is 10.5 Å². The normalized spacial score (nSPS) is 21.6. The lowest BCUT2D eigenvalue weighted by atomic mass is 10.3. The minimum Gasteiger partial charge on any atom is -0.279 e. The Balaban J connectivity index is 2.98. The number of hydrazine groups is 1. The molecule has 0 radical (unpaired) electrons. The molecule has 1 aliphatic heterocycles. The van der Waals surface area contributed by atoms with Gasteiger partial charge >= 0.3 is 0 Å². The lowest BCUT2D eigenvalue weighted by Crippen LogP contribution is -2.28. The van der Waals surface area contributed by atoms with Gasteiger partial charge in [0.25, 0.3) is 0 Å². The molecule has 18 heavy (non-hydrogen) atoms. The van der Waals surface area contributed by atoms with Crippen LogP contribution in [0.15, 0.2) is 20.3 Å². The predicted octanol–water partition coefficient (Wildman–Crippen LogP) is 3.53. The van der Waals surface area contributed by atoms with Gasteiger partial charge in [-0.3, -0.25) is 5.43 Å². The number of nitrogens with zero attached hydrogens (tertiary/aromatic N) is 3. The third-order valence-corrected chi connectivity index (χ3v) is 5.04. The van der Waals surface area contributed by atoms with E-state index in [-0.39, 0.29) is 20.3 Å². The summed E-state index contributed by atoms with van der Waals surface area (Å²) in [6.45, 7) is 0. The standard InChI is InChI=1S/C8H2Cl4N4S2/c9-3(1-13)5(11)6-8(17)15-16(18-6)7(12)4(10)2-14/h6H,(H,15,17). The molecule has 0 aromatic heterocycles. The van der Waals surface area contributed by atoms with Crippen LogP contribution in [0.5, 0.6) is 0 Å². The van der Waals surface area contributed by atoms with Gasteiger partial charge < -0.3 is 0 Å². The highest BCUT2D eigenvalue weighted by Gasteiger charge is 2.34. The fourth-order valence-corrected chi connectivity index (χ4v) is 3.05. The summed E-state index contributed by atoms with van der Waals surface area (Å²) < 4.78 is 1.28. The fraction of sp³-hybridized carbons (Fsp3) is 0.125. The summed E-state index contributed by atoms with van der Waals surface area (Å²) in [5.74, 6) is 0. The second-order valence-corrected chi connectivity index (χ2v) is 5.75. The van der Waals surface area contributed by atoms with Crippen LogP contribution in [0.3, 0.4) is 0 Å². The van der Waals surface area contributed by atoms with Crippen LogP contribution < -0.4 is 5.43 Å². The molecular formula is C8H2Cl4N4S2. The van der Waals surface area contributed by atoms with Gasteiger partial charge in [-0.2, -0.15) is 10.5 Å². The van der Waals surface area contributed by atoms with Crippen molar-refractivity contribution in [1.82, 2.24) is 9.84 Å². The largest absolute Gasteiger partial charge is 0.279 e. The molecule has 1 fully saturated rings. The molecule has 1 heterocycles. The Labute approximate surface area is 133 Å². The van der Waals surface area contributed by atoms with Gasteiger partial charge in [-0.05, 0) is 11.9 Å². The quantitative estimate of drug-likeness (QED) is 0.352. The average Bonchev–Trinajstić information content (AvgIpc) is 2.76. The molecule has 10 heteroatoms. The second kappa shape index (κ2) is 6.72. The Bertz CT molecular complexity index is 530. The third-order valence-electron chi connectivity index (χ3n) is 1.66. The molecule has 1 aliphatic rings. The molecule has 4 nitrogen and oxygen atoms in total.